The van der Waals surface area contributed by atoms with Crippen LogP contribution in [0.1, 0.15) is 57.8 Å². The van der Waals surface area contributed by atoms with Gasteiger partial charge in [0.2, 0.25) is 0 Å². The highest BCUT2D eigenvalue weighted by Crippen LogP contribution is 2.36. The molecule has 2 saturated carbocycles. The lowest BCUT2D eigenvalue weighted by Gasteiger charge is -2.33. The average Bonchev–Trinajstić information content (AvgIpc) is 2.66. The standard InChI is InChI=1S/C21H28N2O3/c22-15-25-19-12-8-17(9-13-19)14-16-6-10-18(11-7-16)23-21(24)26-20-4-2-1-3-5-20/h1-5,16-19H,6-14H2,(H,23,24). The lowest BCUT2D eigenvalue weighted by Crippen LogP contribution is -2.39. The summed E-state index contributed by atoms with van der Waals surface area (Å²) in [5.41, 5.74) is 0. The summed E-state index contributed by atoms with van der Waals surface area (Å²) in [5, 5.41) is 11.6. The normalized spacial score (nSPS) is 28.6. The van der Waals surface area contributed by atoms with E-state index in [0.29, 0.717) is 5.75 Å². The number of carbonyl (C=O) groups is 1. The zero-order valence-corrected chi connectivity index (χ0v) is 15.2. The van der Waals surface area contributed by atoms with Crippen LogP contribution in [0.3, 0.4) is 0 Å². The highest BCUT2D eigenvalue weighted by molar-refractivity contribution is 5.70. The average molecular weight is 356 g/mol. The lowest BCUT2D eigenvalue weighted by molar-refractivity contribution is 0.0911. The SMILES string of the molecule is N#COC1CCC(CC2CCC(NC(=O)Oc3ccccc3)CC2)CC1. The van der Waals surface area contributed by atoms with Crippen molar-refractivity contribution in [3.05, 3.63) is 30.3 Å². The van der Waals surface area contributed by atoms with Gasteiger partial charge in [-0.3, -0.25) is 0 Å². The van der Waals surface area contributed by atoms with Crippen molar-refractivity contribution >= 4 is 6.09 Å². The number of hydrogen-bond acceptors (Lipinski definition) is 4. The zero-order chi connectivity index (χ0) is 18.2. The maximum Gasteiger partial charge on any atom is 0.412 e. The number of amides is 1. The van der Waals surface area contributed by atoms with Crippen LogP contribution in [0.4, 0.5) is 4.79 Å². The van der Waals surface area contributed by atoms with Crippen LogP contribution < -0.4 is 10.1 Å². The van der Waals surface area contributed by atoms with Crippen molar-refractivity contribution in [2.75, 3.05) is 0 Å². The minimum absolute atomic E-state index is 0.145. The third kappa shape index (κ3) is 5.66. The maximum absolute atomic E-state index is 12.0. The van der Waals surface area contributed by atoms with Crippen molar-refractivity contribution in [1.82, 2.24) is 5.32 Å². The van der Waals surface area contributed by atoms with Gasteiger partial charge in [-0.2, -0.15) is 5.26 Å². The van der Waals surface area contributed by atoms with Crippen molar-refractivity contribution in [3.8, 4) is 12.0 Å². The quantitative estimate of drug-likeness (QED) is 0.771. The Morgan fingerprint density at radius 3 is 2.23 bits per heavy atom. The molecule has 0 atom stereocenters. The predicted molar refractivity (Wildman–Crippen MR) is 98.4 cm³/mol. The van der Waals surface area contributed by atoms with Gasteiger partial charge in [0.1, 0.15) is 11.9 Å². The molecule has 5 heteroatoms. The Morgan fingerprint density at radius 1 is 1.00 bits per heavy atom. The van der Waals surface area contributed by atoms with Crippen LogP contribution >= 0.6 is 0 Å². The Kier molecular flexibility index (Phi) is 6.76. The molecule has 2 aliphatic carbocycles. The summed E-state index contributed by atoms with van der Waals surface area (Å²) in [4.78, 5) is 12.0. The van der Waals surface area contributed by atoms with Crippen LogP contribution in [0.5, 0.6) is 5.75 Å². The molecule has 0 heterocycles. The van der Waals surface area contributed by atoms with E-state index < -0.39 is 0 Å². The predicted octanol–water partition coefficient (Wildman–Crippen LogP) is 4.78. The largest absolute Gasteiger partial charge is 0.424 e. The van der Waals surface area contributed by atoms with Crippen LogP contribution in [0, 0.1) is 23.4 Å². The summed E-state index contributed by atoms with van der Waals surface area (Å²) in [7, 11) is 0. The summed E-state index contributed by atoms with van der Waals surface area (Å²) in [5.74, 6) is 2.11. The molecule has 1 N–H and O–H groups in total. The van der Waals surface area contributed by atoms with E-state index >= 15 is 0 Å². The molecule has 0 bridgehead atoms. The smallest absolute Gasteiger partial charge is 0.412 e. The van der Waals surface area contributed by atoms with Gasteiger partial charge in [-0.1, -0.05) is 18.2 Å². The molecule has 1 amide bonds. The van der Waals surface area contributed by atoms with Gasteiger partial charge in [0.25, 0.3) is 6.26 Å². The summed E-state index contributed by atoms with van der Waals surface area (Å²) in [6.45, 7) is 0. The summed E-state index contributed by atoms with van der Waals surface area (Å²) in [6, 6.07) is 9.40. The molecule has 0 spiro atoms. The number of ether oxygens (including phenoxy) is 2. The number of nitriles is 1. The first-order valence-electron chi connectivity index (χ1n) is 9.81. The first-order valence-corrected chi connectivity index (χ1v) is 9.81. The first kappa shape index (κ1) is 18.6. The Labute approximate surface area is 155 Å². The number of para-hydroxylation sites is 1. The van der Waals surface area contributed by atoms with E-state index in [9.17, 15) is 4.79 Å². The fraction of sp³-hybridized carbons (Fsp3) is 0.619. The fourth-order valence-corrected chi connectivity index (χ4v) is 4.37. The second-order valence-corrected chi connectivity index (χ2v) is 7.65. The molecule has 3 rings (SSSR count). The van der Waals surface area contributed by atoms with Gasteiger partial charge in [-0.25, -0.2) is 4.79 Å². The molecule has 0 aliphatic heterocycles. The first-order chi connectivity index (χ1) is 12.7. The molecular weight excluding hydrogens is 328 g/mol. The minimum Gasteiger partial charge on any atom is -0.424 e. The molecule has 1 aromatic carbocycles. The van der Waals surface area contributed by atoms with Crippen molar-refractivity contribution in [3.63, 3.8) is 0 Å². The van der Waals surface area contributed by atoms with E-state index in [1.807, 2.05) is 24.5 Å². The summed E-state index contributed by atoms with van der Waals surface area (Å²) in [6.07, 6.45) is 11.7. The van der Waals surface area contributed by atoms with Crippen LogP contribution in [0.15, 0.2) is 30.3 Å². The summed E-state index contributed by atoms with van der Waals surface area (Å²) < 4.78 is 10.4. The number of nitrogens with zero attached hydrogens (tertiary/aromatic N) is 1. The fourth-order valence-electron chi connectivity index (χ4n) is 4.37. The van der Waals surface area contributed by atoms with E-state index in [-0.39, 0.29) is 18.2 Å². The molecule has 0 radical (unpaired) electrons. The highest BCUT2D eigenvalue weighted by Gasteiger charge is 2.28. The molecule has 5 nitrogen and oxygen atoms in total. The lowest BCUT2D eigenvalue weighted by atomic mass is 9.76. The van der Waals surface area contributed by atoms with Crippen LogP contribution in [0.25, 0.3) is 0 Å². The van der Waals surface area contributed by atoms with Crippen molar-refractivity contribution < 1.29 is 14.3 Å². The number of nitrogens with one attached hydrogen (secondary N) is 1. The molecule has 2 fully saturated rings. The van der Waals surface area contributed by atoms with Crippen LogP contribution in [-0.2, 0) is 4.74 Å². The van der Waals surface area contributed by atoms with Gasteiger partial charge in [0.15, 0.2) is 0 Å². The van der Waals surface area contributed by atoms with Gasteiger partial charge >= 0.3 is 6.09 Å². The van der Waals surface area contributed by atoms with E-state index in [2.05, 4.69) is 5.32 Å². The molecule has 2 aliphatic rings. The third-order valence-corrected chi connectivity index (χ3v) is 5.80. The minimum atomic E-state index is -0.351. The monoisotopic (exact) mass is 356 g/mol. The number of rotatable bonds is 5. The second kappa shape index (κ2) is 9.47. The summed E-state index contributed by atoms with van der Waals surface area (Å²) >= 11 is 0. The van der Waals surface area contributed by atoms with Gasteiger partial charge in [-0.05, 0) is 81.8 Å². The number of benzene rings is 1. The van der Waals surface area contributed by atoms with Crippen LogP contribution in [0.2, 0.25) is 0 Å². The Bertz CT molecular complexity index is 597. The molecule has 0 unspecified atom stereocenters. The van der Waals surface area contributed by atoms with E-state index in [0.717, 1.165) is 37.5 Å². The molecule has 1 aromatic rings. The Balaban J connectivity index is 1.33. The van der Waals surface area contributed by atoms with E-state index in [1.165, 1.54) is 32.1 Å². The van der Waals surface area contributed by atoms with Crippen LogP contribution in [-0.4, -0.2) is 18.2 Å². The number of carbonyl (C=O) groups excluding carboxylic acids is 1. The topological polar surface area (TPSA) is 71.3 Å². The van der Waals surface area contributed by atoms with Crippen molar-refractivity contribution in [2.45, 2.75) is 69.9 Å². The molecule has 140 valence electrons. The second-order valence-electron chi connectivity index (χ2n) is 7.65. The molecule has 0 saturated heterocycles. The van der Waals surface area contributed by atoms with Gasteiger partial charge in [0, 0.05) is 6.04 Å². The third-order valence-electron chi connectivity index (χ3n) is 5.80. The van der Waals surface area contributed by atoms with Crippen molar-refractivity contribution in [2.24, 2.45) is 11.8 Å². The van der Waals surface area contributed by atoms with Crippen molar-refractivity contribution in [1.29, 1.82) is 5.26 Å². The molecule has 0 aromatic heterocycles. The van der Waals surface area contributed by atoms with E-state index in [1.54, 1.807) is 12.1 Å². The Hall–Kier alpha value is -2.22. The Morgan fingerprint density at radius 2 is 1.62 bits per heavy atom. The maximum atomic E-state index is 12.0. The number of hydrogen-bond donors (Lipinski definition) is 1. The highest BCUT2D eigenvalue weighted by atomic mass is 16.6. The zero-order valence-electron chi connectivity index (χ0n) is 15.2. The molecule has 26 heavy (non-hydrogen) atoms. The van der Waals surface area contributed by atoms with E-state index in [4.69, 9.17) is 14.7 Å². The van der Waals surface area contributed by atoms with Gasteiger partial charge in [-0.15, -0.1) is 0 Å². The molecular formula is C21H28N2O3. The van der Waals surface area contributed by atoms with Gasteiger partial charge < -0.3 is 14.8 Å². The van der Waals surface area contributed by atoms with Gasteiger partial charge in [0.05, 0.1) is 0 Å².